The van der Waals surface area contributed by atoms with Gasteiger partial charge in [0, 0.05) is 12.1 Å². The minimum absolute atomic E-state index is 0.00815. The molecular formula is C17H25FN2O. The van der Waals surface area contributed by atoms with Crippen LogP contribution in [-0.2, 0) is 0 Å². The lowest BCUT2D eigenvalue weighted by atomic mass is 9.80. The second-order valence-electron chi connectivity index (χ2n) is 6.30. The molecule has 1 aliphatic carbocycles. The summed E-state index contributed by atoms with van der Waals surface area (Å²) in [6.07, 6.45) is 5.79. The van der Waals surface area contributed by atoms with Crippen molar-refractivity contribution in [1.82, 2.24) is 10.2 Å². The van der Waals surface area contributed by atoms with Gasteiger partial charge in [0.1, 0.15) is 5.82 Å². The minimum atomic E-state index is -0.419. The number of carbonyl (C=O) groups excluding carboxylic acids is 1. The average molecular weight is 292 g/mol. The molecule has 116 valence electrons. The molecule has 0 atom stereocenters. The van der Waals surface area contributed by atoms with Crippen molar-refractivity contribution in [2.24, 2.45) is 0 Å². The van der Waals surface area contributed by atoms with Crippen LogP contribution in [-0.4, -0.2) is 37.0 Å². The number of rotatable bonds is 4. The maximum atomic E-state index is 14.0. The van der Waals surface area contributed by atoms with E-state index in [0.717, 1.165) is 12.8 Å². The molecule has 1 saturated carbocycles. The quantitative estimate of drug-likeness (QED) is 0.924. The standard InChI is InChI=1S/C17H25FN2O/c1-13-8-7-9-14(15(13)18)16(21)19-12-17(20(2)3)10-5-4-6-11-17/h7-9H,4-6,10-12H2,1-3H3,(H,19,21). The normalized spacial score (nSPS) is 17.8. The molecule has 0 unspecified atom stereocenters. The summed E-state index contributed by atoms with van der Waals surface area (Å²) in [5.74, 6) is -0.736. The lowest BCUT2D eigenvalue weighted by molar-refractivity contribution is 0.0796. The highest BCUT2D eigenvalue weighted by Gasteiger charge is 2.34. The Morgan fingerprint density at radius 1 is 1.29 bits per heavy atom. The summed E-state index contributed by atoms with van der Waals surface area (Å²) >= 11 is 0. The molecule has 3 nitrogen and oxygen atoms in total. The fourth-order valence-electron chi connectivity index (χ4n) is 3.15. The highest BCUT2D eigenvalue weighted by molar-refractivity contribution is 5.94. The zero-order valence-electron chi connectivity index (χ0n) is 13.2. The van der Waals surface area contributed by atoms with Crippen LogP contribution < -0.4 is 5.32 Å². The summed E-state index contributed by atoms with van der Waals surface area (Å²) in [5, 5.41) is 2.94. The van der Waals surface area contributed by atoms with Crippen molar-refractivity contribution in [3.63, 3.8) is 0 Å². The van der Waals surface area contributed by atoms with Crippen LogP contribution >= 0.6 is 0 Å². The molecular weight excluding hydrogens is 267 g/mol. The molecule has 0 radical (unpaired) electrons. The van der Waals surface area contributed by atoms with Crippen LogP contribution in [0.2, 0.25) is 0 Å². The highest BCUT2D eigenvalue weighted by atomic mass is 19.1. The van der Waals surface area contributed by atoms with Crippen molar-refractivity contribution in [1.29, 1.82) is 0 Å². The SMILES string of the molecule is Cc1cccc(C(=O)NCC2(N(C)C)CCCCC2)c1F. The van der Waals surface area contributed by atoms with Gasteiger partial charge < -0.3 is 10.2 Å². The third-order valence-electron chi connectivity index (χ3n) is 4.75. The number of benzene rings is 1. The van der Waals surface area contributed by atoms with Gasteiger partial charge in [-0.15, -0.1) is 0 Å². The van der Waals surface area contributed by atoms with E-state index >= 15 is 0 Å². The molecule has 2 rings (SSSR count). The highest BCUT2D eigenvalue weighted by Crippen LogP contribution is 2.31. The molecule has 1 fully saturated rings. The van der Waals surface area contributed by atoms with Gasteiger partial charge in [0.15, 0.2) is 0 Å². The van der Waals surface area contributed by atoms with Crippen LogP contribution in [0.1, 0.15) is 48.0 Å². The molecule has 0 heterocycles. The maximum Gasteiger partial charge on any atom is 0.254 e. The first-order valence-electron chi connectivity index (χ1n) is 7.67. The number of nitrogens with one attached hydrogen (secondary N) is 1. The molecule has 0 saturated heterocycles. The predicted molar refractivity (Wildman–Crippen MR) is 83.0 cm³/mol. The van der Waals surface area contributed by atoms with E-state index in [1.165, 1.54) is 19.3 Å². The average Bonchev–Trinajstić information content (AvgIpc) is 2.48. The first-order chi connectivity index (χ1) is 9.96. The first kappa shape index (κ1) is 16.0. The largest absolute Gasteiger partial charge is 0.350 e. The van der Waals surface area contributed by atoms with Crippen LogP contribution in [0.3, 0.4) is 0 Å². The van der Waals surface area contributed by atoms with E-state index < -0.39 is 5.82 Å². The minimum Gasteiger partial charge on any atom is -0.350 e. The number of amides is 1. The van der Waals surface area contributed by atoms with Crippen LogP contribution in [0.15, 0.2) is 18.2 Å². The number of carbonyl (C=O) groups is 1. The molecule has 1 aromatic rings. The monoisotopic (exact) mass is 292 g/mol. The van der Waals surface area contributed by atoms with Crippen molar-refractivity contribution in [2.45, 2.75) is 44.6 Å². The van der Waals surface area contributed by atoms with Crippen LogP contribution in [0.25, 0.3) is 0 Å². The Morgan fingerprint density at radius 3 is 2.57 bits per heavy atom. The van der Waals surface area contributed by atoms with Gasteiger partial charge in [-0.25, -0.2) is 4.39 Å². The predicted octanol–water partition coefficient (Wildman–Crippen LogP) is 3.13. The molecule has 0 spiro atoms. The van der Waals surface area contributed by atoms with Gasteiger partial charge in [0.05, 0.1) is 5.56 Å². The molecule has 21 heavy (non-hydrogen) atoms. The number of hydrogen-bond donors (Lipinski definition) is 1. The van der Waals surface area contributed by atoms with Crippen molar-refractivity contribution in [3.05, 3.63) is 35.1 Å². The van der Waals surface area contributed by atoms with Crippen LogP contribution in [0.5, 0.6) is 0 Å². The summed E-state index contributed by atoms with van der Waals surface area (Å²) in [7, 11) is 4.12. The van der Waals surface area contributed by atoms with Crippen molar-refractivity contribution in [2.75, 3.05) is 20.6 Å². The van der Waals surface area contributed by atoms with Gasteiger partial charge in [0.2, 0.25) is 0 Å². The Bertz CT molecular complexity index is 508. The fourth-order valence-corrected chi connectivity index (χ4v) is 3.15. The van der Waals surface area contributed by atoms with Gasteiger partial charge in [-0.1, -0.05) is 31.4 Å². The van der Waals surface area contributed by atoms with Crippen molar-refractivity contribution >= 4 is 5.91 Å². The Labute approximate surface area is 126 Å². The number of hydrogen-bond acceptors (Lipinski definition) is 2. The van der Waals surface area contributed by atoms with Crippen molar-refractivity contribution in [3.8, 4) is 0 Å². The van der Waals surface area contributed by atoms with Gasteiger partial charge in [-0.2, -0.15) is 0 Å². The van der Waals surface area contributed by atoms with E-state index in [1.807, 2.05) is 0 Å². The summed E-state index contributed by atoms with van der Waals surface area (Å²) < 4.78 is 14.0. The summed E-state index contributed by atoms with van der Waals surface area (Å²) in [6.45, 7) is 2.25. The molecule has 1 aromatic carbocycles. The molecule has 0 aliphatic heterocycles. The molecule has 0 bridgehead atoms. The second kappa shape index (κ2) is 6.56. The summed E-state index contributed by atoms with van der Waals surface area (Å²) in [5.41, 5.74) is 0.649. The lowest BCUT2D eigenvalue weighted by Gasteiger charge is -2.43. The molecule has 1 aliphatic rings. The Kier molecular flexibility index (Phi) is 4.99. The van der Waals surface area contributed by atoms with E-state index in [2.05, 4.69) is 24.3 Å². The number of nitrogens with zero attached hydrogens (tertiary/aromatic N) is 1. The first-order valence-corrected chi connectivity index (χ1v) is 7.67. The fraction of sp³-hybridized carbons (Fsp3) is 0.588. The van der Waals surface area contributed by atoms with E-state index in [0.29, 0.717) is 12.1 Å². The second-order valence-corrected chi connectivity index (χ2v) is 6.30. The maximum absolute atomic E-state index is 14.0. The van der Waals surface area contributed by atoms with Gasteiger partial charge in [0.25, 0.3) is 5.91 Å². The van der Waals surface area contributed by atoms with Gasteiger partial charge in [-0.3, -0.25) is 4.79 Å². The zero-order valence-corrected chi connectivity index (χ0v) is 13.2. The Morgan fingerprint density at radius 2 is 1.95 bits per heavy atom. The smallest absolute Gasteiger partial charge is 0.254 e. The van der Waals surface area contributed by atoms with E-state index in [9.17, 15) is 9.18 Å². The lowest BCUT2D eigenvalue weighted by Crippen LogP contribution is -2.53. The number of halogens is 1. The third-order valence-corrected chi connectivity index (χ3v) is 4.75. The molecule has 1 amide bonds. The Hall–Kier alpha value is -1.42. The van der Waals surface area contributed by atoms with Crippen LogP contribution in [0.4, 0.5) is 4.39 Å². The Balaban J connectivity index is 2.07. The zero-order chi connectivity index (χ0) is 15.5. The van der Waals surface area contributed by atoms with E-state index in [4.69, 9.17) is 0 Å². The molecule has 1 N–H and O–H groups in total. The van der Waals surface area contributed by atoms with E-state index in [-0.39, 0.29) is 17.0 Å². The topological polar surface area (TPSA) is 32.3 Å². The van der Waals surface area contributed by atoms with Gasteiger partial charge in [-0.05, 0) is 45.5 Å². The van der Waals surface area contributed by atoms with Crippen molar-refractivity contribution < 1.29 is 9.18 Å². The summed E-state index contributed by atoms with van der Waals surface area (Å²) in [4.78, 5) is 14.5. The van der Waals surface area contributed by atoms with E-state index in [1.54, 1.807) is 25.1 Å². The number of likely N-dealkylation sites (N-methyl/N-ethyl adjacent to an activating group) is 1. The van der Waals surface area contributed by atoms with Crippen LogP contribution in [0, 0.1) is 12.7 Å². The molecule has 4 heteroatoms. The molecule has 0 aromatic heterocycles. The third kappa shape index (κ3) is 3.43. The van der Waals surface area contributed by atoms with Gasteiger partial charge >= 0.3 is 0 Å². The summed E-state index contributed by atoms with van der Waals surface area (Å²) in [6, 6.07) is 4.94. The number of aryl methyl sites for hydroxylation is 1.